The zero-order valence-electron chi connectivity index (χ0n) is 6.98. The number of carbonyl (C=O) groups is 1. The Morgan fingerprint density at radius 3 is 2.71 bits per heavy atom. The number of sulfonamides is 1. The van der Waals surface area contributed by atoms with Gasteiger partial charge in [-0.05, 0) is 32.3 Å². The van der Waals surface area contributed by atoms with Crippen molar-refractivity contribution >= 4 is 43.3 Å². The van der Waals surface area contributed by atoms with Crippen molar-refractivity contribution in [2.75, 3.05) is 0 Å². The Kier molecular flexibility index (Phi) is 3.65. The average Bonchev–Trinajstić information content (AvgIpc) is 2.48. The Labute approximate surface area is 93.2 Å². The minimum absolute atomic E-state index is 0.0683. The summed E-state index contributed by atoms with van der Waals surface area (Å²) in [6, 6.07) is 1.59. The average molecular weight is 300 g/mol. The van der Waals surface area contributed by atoms with Crippen LogP contribution in [-0.4, -0.2) is 14.4 Å². The van der Waals surface area contributed by atoms with Gasteiger partial charge in [-0.15, -0.1) is 11.3 Å². The molecular weight excluding hydrogens is 294 g/mol. The predicted molar refractivity (Wildman–Crippen MR) is 54.1 cm³/mol. The third-order valence-corrected chi connectivity index (χ3v) is 4.97. The molecule has 0 aromatic carbocycles. The van der Waals surface area contributed by atoms with Crippen molar-refractivity contribution in [3.8, 4) is 0 Å². The molecule has 0 unspecified atom stereocenters. The van der Waals surface area contributed by atoms with E-state index in [4.69, 9.17) is 0 Å². The van der Waals surface area contributed by atoms with Crippen LogP contribution in [0.25, 0.3) is 0 Å². The molecule has 1 aromatic heterocycles. The van der Waals surface area contributed by atoms with E-state index in [9.17, 15) is 13.2 Å². The maximum Gasteiger partial charge on any atom is 0.323 e. The molecule has 8 heteroatoms. The molecular formula is C6H6BrNO4S2. The van der Waals surface area contributed by atoms with Gasteiger partial charge in [-0.3, -0.25) is 4.79 Å². The van der Waals surface area contributed by atoms with E-state index in [0.29, 0.717) is 4.47 Å². The first kappa shape index (κ1) is 11.6. The van der Waals surface area contributed by atoms with Crippen LogP contribution in [0.5, 0.6) is 0 Å². The number of thiophene rings is 1. The molecule has 0 aliphatic heterocycles. The first-order valence-electron chi connectivity index (χ1n) is 3.35. The standard InChI is InChI=1S/C6H6BrNO4S2/c1-4(9)12-8-14(10,11)6-5(7)2-3-13-6/h2-3,8H,1H3. The van der Waals surface area contributed by atoms with Gasteiger partial charge in [0.15, 0.2) is 4.21 Å². The lowest BCUT2D eigenvalue weighted by atomic mass is 10.7. The smallest absolute Gasteiger partial charge is 0.323 e. The SMILES string of the molecule is CC(=O)ONS(=O)(=O)c1sccc1Br. The van der Waals surface area contributed by atoms with Crippen LogP contribution >= 0.6 is 27.3 Å². The number of carbonyl (C=O) groups excluding carboxylic acids is 1. The monoisotopic (exact) mass is 299 g/mol. The van der Waals surface area contributed by atoms with Gasteiger partial charge in [0.05, 0.1) is 0 Å². The molecule has 1 heterocycles. The number of hydrogen-bond donors (Lipinski definition) is 1. The number of nitrogens with one attached hydrogen (secondary N) is 1. The van der Waals surface area contributed by atoms with Crippen molar-refractivity contribution in [1.29, 1.82) is 0 Å². The summed E-state index contributed by atoms with van der Waals surface area (Å²) in [7, 11) is -3.76. The van der Waals surface area contributed by atoms with Crippen LogP contribution in [0, 0.1) is 0 Å². The highest BCUT2D eigenvalue weighted by molar-refractivity contribution is 9.10. The fraction of sp³-hybridized carbons (Fsp3) is 0.167. The largest absolute Gasteiger partial charge is 0.356 e. The molecule has 0 saturated heterocycles. The molecule has 0 amide bonds. The summed E-state index contributed by atoms with van der Waals surface area (Å²) in [5, 5.41) is 1.60. The first-order valence-corrected chi connectivity index (χ1v) is 6.51. The highest BCUT2D eigenvalue weighted by Gasteiger charge is 2.20. The summed E-state index contributed by atoms with van der Waals surface area (Å²) < 4.78 is 23.3. The van der Waals surface area contributed by atoms with Gasteiger partial charge >= 0.3 is 5.97 Å². The minimum atomic E-state index is -3.76. The van der Waals surface area contributed by atoms with Crippen molar-refractivity contribution < 1.29 is 18.0 Å². The summed E-state index contributed by atoms with van der Waals surface area (Å²) in [5.74, 6) is -0.721. The summed E-state index contributed by atoms with van der Waals surface area (Å²) in [6.45, 7) is 1.10. The first-order chi connectivity index (χ1) is 6.43. The molecule has 0 fully saturated rings. The maximum atomic E-state index is 11.4. The van der Waals surface area contributed by atoms with Gasteiger partial charge in [-0.2, -0.15) is 0 Å². The molecule has 1 rings (SSSR count). The Morgan fingerprint density at radius 1 is 1.64 bits per heavy atom. The van der Waals surface area contributed by atoms with Crippen LogP contribution in [0.1, 0.15) is 6.92 Å². The Hall–Kier alpha value is -0.440. The van der Waals surface area contributed by atoms with Crippen molar-refractivity contribution in [1.82, 2.24) is 4.89 Å². The second kappa shape index (κ2) is 4.39. The van der Waals surface area contributed by atoms with Gasteiger partial charge in [0.2, 0.25) is 0 Å². The summed E-state index contributed by atoms with van der Waals surface area (Å²) in [5.41, 5.74) is 0. The molecule has 0 aliphatic carbocycles. The highest BCUT2D eigenvalue weighted by Crippen LogP contribution is 2.27. The van der Waals surface area contributed by atoms with Crippen molar-refractivity contribution in [3.63, 3.8) is 0 Å². The van der Waals surface area contributed by atoms with Crippen molar-refractivity contribution in [2.45, 2.75) is 11.1 Å². The van der Waals surface area contributed by atoms with Crippen molar-refractivity contribution in [2.24, 2.45) is 0 Å². The Morgan fingerprint density at radius 2 is 2.29 bits per heavy atom. The van der Waals surface area contributed by atoms with E-state index in [1.807, 2.05) is 0 Å². The number of rotatable bonds is 3. The molecule has 0 aliphatic rings. The highest BCUT2D eigenvalue weighted by atomic mass is 79.9. The molecule has 0 radical (unpaired) electrons. The van der Waals surface area contributed by atoms with E-state index in [-0.39, 0.29) is 4.21 Å². The maximum absolute atomic E-state index is 11.4. The van der Waals surface area contributed by atoms with E-state index in [2.05, 4.69) is 20.8 Å². The zero-order chi connectivity index (χ0) is 10.8. The van der Waals surface area contributed by atoms with Gasteiger partial charge in [-0.1, -0.05) is 0 Å². The van der Waals surface area contributed by atoms with Crippen LogP contribution in [0.3, 0.4) is 0 Å². The lowest BCUT2D eigenvalue weighted by Gasteiger charge is -2.03. The molecule has 0 atom stereocenters. The zero-order valence-corrected chi connectivity index (χ0v) is 10.2. The molecule has 0 spiro atoms. The molecule has 0 saturated carbocycles. The second-order valence-electron chi connectivity index (χ2n) is 2.24. The van der Waals surface area contributed by atoms with Gasteiger partial charge in [0.25, 0.3) is 10.0 Å². The molecule has 78 valence electrons. The topological polar surface area (TPSA) is 72.5 Å². The van der Waals surface area contributed by atoms with E-state index >= 15 is 0 Å². The number of halogens is 1. The predicted octanol–water partition coefficient (Wildman–Crippen LogP) is 1.27. The molecule has 1 aromatic rings. The van der Waals surface area contributed by atoms with Crippen LogP contribution in [0.15, 0.2) is 20.1 Å². The minimum Gasteiger partial charge on any atom is -0.356 e. The van der Waals surface area contributed by atoms with Crippen LogP contribution in [0.4, 0.5) is 0 Å². The van der Waals surface area contributed by atoms with Gasteiger partial charge in [0.1, 0.15) is 0 Å². The van der Waals surface area contributed by atoms with Gasteiger partial charge in [0, 0.05) is 11.4 Å². The molecule has 14 heavy (non-hydrogen) atoms. The van der Waals surface area contributed by atoms with E-state index in [0.717, 1.165) is 18.3 Å². The normalized spacial score (nSPS) is 11.3. The molecule has 1 N–H and O–H groups in total. The van der Waals surface area contributed by atoms with E-state index < -0.39 is 16.0 Å². The summed E-state index contributed by atoms with van der Waals surface area (Å²) >= 11 is 4.08. The lowest BCUT2D eigenvalue weighted by Crippen LogP contribution is -2.25. The Balaban J connectivity index is 2.87. The quantitative estimate of drug-likeness (QED) is 0.853. The summed E-state index contributed by atoms with van der Waals surface area (Å²) in [4.78, 5) is 16.3. The molecule has 5 nitrogen and oxygen atoms in total. The van der Waals surface area contributed by atoms with E-state index in [1.165, 1.54) is 0 Å². The lowest BCUT2D eigenvalue weighted by molar-refractivity contribution is -0.144. The van der Waals surface area contributed by atoms with Crippen LogP contribution < -0.4 is 4.89 Å². The second-order valence-corrected chi connectivity index (χ2v) is 5.85. The Bertz CT molecular complexity index is 438. The van der Waals surface area contributed by atoms with Crippen LogP contribution in [-0.2, 0) is 19.7 Å². The third-order valence-electron chi connectivity index (χ3n) is 1.12. The van der Waals surface area contributed by atoms with Gasteiger partial charge in [-0.25, -0.2) is 8.42 Å². The van der Waals surface area contributed by atoms with Crippen LogP contribution in [0.2, 0.25) is 0 Å². The van der Waals surface area contributed by atoms with Gasteiger partial charge < -0.3 is 4.84 Å². The summed E-state index contributed by atoms with van der Waals surface area (Å²) in [6.07, 6.45) is 0. The number of hydrogen-bond acceptors (Lipinski definition) is 5. The fourth-order valence-corrected chi connectivity index (χ4v) is 3.76. The molecule has 0 bridgehead atoms. The fourth-order valence-electron chi connectivity index (χ4n) is 0.623. The van der Waals surface area contributed by atoms with E-state index in [1.54, 1.807) is 16.3 Å². The van der Waals surface area contributed by atoms with Crippen molar-refractivity contribution in [3.05, 3.63) is 15.9 Å². The third kappa shape index (κ3) is 2.77.